The van der Waals surface area contributed by atoms with Crippen molar-refractivity contribution in [2.45, 2.75) is 6.54 Å². The number of amides is 1. The molecule has 104 valence electrons. The van der Waals surface area contributed by atoms with Crippen molar-refractivity contribution < 1.29 is 9.53 Å². The first-order valence-electron chi connectivity index (χ1n) is 6.07. The van der Waals surface area contributed by atoms with E-state index in [0.717, 1.165) is 10.0 Å². The van der Waals surface area contributed by atoms with Gasteiger partial charge >= 0.3 is 0 Å². The number of anilines is 1. The Morgan fingerprint density at radius 1 is 1.30 bits per heavy atom. The molecular formula is C15H15BrN2O2. The normalized spacial score (nSPS) is 10.1. The van der Waals surface area contributed by atoms with E-state index in [1.165, 1.54) is 0 Å². The SMILES string of the molecule is COc1ccc(N)cc1CNC(=O)c1ccccc1Br. The molecule has 2 rings (SSSR count). The van der Waals surface area contributed by atoms with E-state index in [2.05, 4.69) is 21.2 Å². The van der Waals surface area contributed by atoms with Crippen LogP contribution >= 0.6 is 15.9 Å². The predicted octanol–water partition coefficient (Wildman–Crippen LogP) is 2.97. The van der Waals surface area contributed by atoms with Gasteiger partial charge in [0.2, 0.25) is 0 Å². The van der Waals surface area contributed by atoms with E-state index >= 15 is 0 Å². The van der Waals surface area contributed by atoms with Crippen molar-refractivity contribution in [3.8, 4) is 5.75 Å². The van der Waals surface area contributed by atoms with Crippen LogP contribution in [0.3, 0.4) is 0 Å². The third-order valence-corrected chi connectivity index (χ3v) is 3.55. The third kappa shape index (κ3) is 3.30. The molecular weight excluding hydrogens is 320 g/mol. The van der Waals surface area contributed by atoms with Crippen molar-refractivity contribution in [3.63, 3.8) is 0 Å². The molecule has 0 aliphatic rings. The lowest BCUT2D eigenvalue weighted by molar-refractivity contribution is 0.0950. The molecule has 0 bridgehead atoms. The van der Waals surface area contributed by atoms with Crippen molar-refractivity contribution in [1.82, 2.24) is 5.32 Å². The van der Waals surface area contributed by atoms with Crippen molar-refractivity contribution in [3.05, 3.63) is 58.1 Å². The summed E-state index contributed by atoms with van der Waals surface area (Å²) < 4.78 is 6.01. The van der Waals surface area contributed by atoms with E-state index in [1.54, 1.807) is 31.4 Å². The van der Waals surface area contributed by atoms with Gasteiger partial charge in [0.1, 0.15) is 5.75 Å². The highest BCUT2D eigenvalue weighted by Gasteiger charge is 2.10. The number of benzene rings is 2. The van der Waals surface area contributed by atoms with Crippen LogP contribution in [0.15, 0.2) is 46.9 Å². The smallest absolute Gasteiger partial charge is 0.252 e. The van der Waals surface area contributed by atoms with Crippen LogP contribution in [0, 0.1) is 0 Å². The second-order valence-corrected chi connectivity index (χ2v) is 5.09. The zero-order valence-electron chi connectivity index (χ0n) is 11.0. The fourth-order valence-corrected chi connectivity index (χ4v) is 2.32. The summed E-state index contributed by atoms with van der Waals surface area (Å²) in [7, 11) is 1.59. The lowest BCUT2D eigenvalue weighted by atomic mass is 10.1. The molecule has 0 saturated heterocycles. The van der Waals surface area contributed by atoms with E-state index in [9.17, 15) is 4.79 Å². The van der Waals surface area contributed by atoms with Gasteiger partial charge in [-0.25, -0.2) is 0 Å². The Kier molecular flexibility index (Phi) is 4.63. The molecule has 0 fully saturated rings. The summed E-state index contributed by atoms with van der Waals surface area (Å²) in [4.78, 5) is 12.1. The first-order chi connectivity index (χ1) is 9.61. The van der Waals surface area contributed by atoms with Gasteiger partial charge in [0, 0.05) is 22.3 Å². The number of ether oxygens (including phenoxy) is 1. The minimum Gasteiger partial charge on any atom is -0.496 e. The zero-order chi connectivity index (χ0) is 14.5. The summed E-state index contributed by atoms with van der Waals surface area (Å²) >= 11 is 3.36. The van der Waals surface area contributed by atoms with Crippen LogP contribution in [0.1, 0.15) is 15.9 Å². The fraction of sp³-hybridized carbons (Fsp3) is 0.133. The number of halogens is 1. The molecule has 0 heterocycles. The summed E-state index contributed by atoms with van der Waals surface area (Å²) in [6, 6.07) is 12.6. The minimum atomic E-state index is -0.151. The summed E-state index contributed by atoms with van der Waals surface area (Å²) in [5.74, 6) is 0.550. The Bertz CT molecular complexity index is 629. The number of carbonyl (C=O) groups excluding carboxylic acids is 1. The molecule has 0 atom stereocenters. The molecule has 0 aliphatic carbocycles. The first kappa shape index (κ1) is 14.4. The topological polar surface area (TPSA) is 64.3 Å². The largest absolute Gasteiger partial charge is 0.496 e. The standard InChI is InChI=1S/C15H15BrN2O2/c1-20-14-7-6-11(17)8-10(14)9-18-15(19)12-4-2-3-5-13(12)16/h2-8H,9,17H2,1H3,(H,18,19). The number of hydrogen-bond acceptors (Lipinski definition) is 3. The van der Waals surface area contributed by atoms with Crippen LogP contribution in [0.25, 0.3) is 0 Å². The molecule has 0 radical (unpaired) electrons. The van der Waals surface area contributed by atoms with E-state index < -0.39 is 0 Å². The van der Waals surface area contributed by atoms with Crippen LogP contribution in [0.2, 0.25) is 0 Å². The molecule has 0 saturated carbocycles. The molecule has 0 spiro atoms. The maximum atomic E-state index is 12.1. The molecule has 4 nitrogen and oxygen atoms in total. The van der Waals surface area contributed by atoms with Gasteiger partial charge in [0.05, 0.1) is 12.7 Å². The Hall–Kier alpha value is -2.01. The van der Waals surface area contributed by atoms with Gasteiger partial charge in [0.25, 0.3) is 5.91 Å². The van der Waals surface area contributed by atoms with Crippen molar-refractivity contribution in [2.24, 2.45) is 0 Å². The van der Waals surface area contributed by atoms with Crippen LogP contribution in [0.5, 0.6) is 5.75 Å². The summed E-state index contributed by atoms with van der Waals surface area (Å²) in [6.07, 6.45) is 0. The van der Waals surface area contributed by atoms with Crippen LogP contribution in [-0.4, -0.2) is 13.0 Å². The molecule has 2 aromatic rings. The Labute approximate surface area is 126 Å². The van der Waals surface area contributed by atoms with Gasteiger partial charge in [0.15, 0.2) is 0 Å². The predicted molar refractivity (Wildman–Crippen MR) is 82.7 cm³/mol. The second-order valence-electron chi connectivity index (χ2n) is 4.23. The number of carbonyl (C=O) groups is 1. The molecule has 0 unspecified atom stereocenters. The Morgan fingerprint density at radius 3 is 2.75 bits per heavy atom. The quantitative estimate of drug-likeness (QED) is 0.845. The fourth-order valence-electron chi connectivity index (χ4n) is 1.85. The average Bonchev–Trinajstić information content (AvgIpc) is 2.45. The van der Waals surface area contributed by atoms with Crippen LogP contribution in [0.4, 0.5) is 5.69 Å². The van der Waals surface area contributed by atoms with E-state index in [4.69, 9.17) is 10.5 Å². The highest BCUT2D eigenvalue weighted by molar-refractivity contribution is 9.10. The summed E-state index contributed by atoms with van der Waals surface area (Å²) in [5, 5.41) is 2.85. The number of hydrogen-bond donors (Lipinski definition) is 2. The highest BCUT2D eigenvalue weighted by Crippen LogP contribution is 2.21. The van der Waals surface area contributed by atoms with Crippen molar-refractivity contribution in [1.29, 1.82) is 0 Å². The molecule has 1 amide bonds. The number of nitrogen functional groups attached to an aromatic ring is 1. The molecule has 2 aromatic carbocycles. The maximum absolute atomic E-state index is 12.1. The second kappa shape index (κ2) is 6.43. The maximum Gasteiger partial charge on any atom is 0.252 e. The number of nitrogens with two attached hydrogens (primary N) is 1. The average molecular weight is 335 g/mol. The molecule has 3 N–H and O–H groups in total. The van der Waals surface area contributed by atoms with E-state index in [-0.39, 0.29) is 5.91 Å². The van der Waals surface area contributed by atoms with E-state index in [0.29, 0.717) is 23.5 Å². The van der Waals surface area contributed by atoms with Crippen LogP contribution < -0.4 is 15.8 Å². The molecule has 20 heavy (non-hydrogen) atoms. The first-order valence-corrected chi connectivity index (χ1v) is 6.86. The van der Waals surface area contributed by atoms with Crippen LogP contribution in [-0.2, 0) is 6.54 Å². The zero-order valence-corrected chi connectivity index (χ0v) is 12.6. The Balaban J connectivity index is 2.11. The third-order valence-electron chi connectivity index (χ3n) is 2.86. The highest BCUT2D eigenvalue weighted by atomic mass is 79.9. The van der Waals surface area contributed by atoms with Gasteiger partial charge in [-0.05, 0) is 46.3 Å². The van der Waals surface area contributed by atoms with Gasteiger partial charge in [-0.3, -0.25) is 4.79 Å². The van der Waals surface area contributed by atoms with Gasteiger partial charge in [-0.2, -0.15) is 0 Å². The number of methoxy groups -OCH3 is 1. The van der Waals surface area contributed by atoms with Gasteiger partial charge in [-0.15, -0.1) is 0 Å². The summed E-state index contributed by atoms with van der Waals surface area (Å²) in [6.45, 7) is 0.356. The monoisotopic (exact) mass is 334 g/mol. The molecule has 0 aromatic heterocycles. The number of nitrogens with one attached hydrogen (secondary N) is 1. The lowest BCUT2D eigenvalue weighted by Gasteiger charge is -2.11. The van der Waals surface area contributed by atoms with Gasteiger partial charge in [-0.1, -0.05) is 12.1 Å². The number of rotatable bonds is 4. The van der Waals surface area contributed by atoms with E-state index in [1.807, 2.05) is 18.2 Å². The van der Waals surface area contributed by atoms with Crippen molar-refractivity contribution >= 4 is 27.5 Å². The minimum absolute atomic E-state index is 0.151. The molecule has 5 heteroatoms. The van der Waals surface area contributed by atoms with Gasteiger partial charge < -0.3 is 15.8 Å². The Morgan fingerprint density at radius 2 is 2.05 bits per heavy atom. The lowest BCUT2D eigenvalue weighted by Crippen LogP contribution is -2.23. The molecule has 0 aliphatic heterocycles. The van der Waals surface area contributed by atoms with Crippen molar-refractivity contribution in [2.75, 3.05) is 12.8 Å². The summed E-state index contributed by atoms with van der Waals surface area (Å²) in [5.41, 5.74) is 7.82.